The van der Waals surface area contributed by atoms with E-state index in [4.69, 9.17) is 4.74 Å². The number of ether oxygens (including phenoxy) is 1. The Hall–Kier alpha value is -1.89. The lowest BCUT2D eigenvalue weighted by atomic mass is 9.78. The molecule has 2 aliphatic carbocycles. The molecule has 2 aliphatic rings. The summed E-state index contributed by atoms with van der Waals surface area (Å²) in [5.74, 6) is 0.00133. The minimum absolute atomic E-state index is 0.138. The number of esters is 1. The van der Waals surface area contributed by atoms with Crippen molar-refractivity contribution in [2.24, 2.45) is 11.8 Å². The van der Waals surface area contributed by atoms with Gasteiger partial charge in [-0.1, -0.05) is 26.7 Å². The van der Waals surface area contributed by atoms with Crippen LogP contribution in [0.5, 0.6) is 0 Å². The highest BCUT2D eigenvalue weighted by Gasteiger charge is 2.30. The van der Waals surface area contributed by atoms with Gasteiger partial charge in [-0.25, -0.2) is 4.79 Å². The van der Waals surface area contributed by atoms with Gasteiger partial charge >= 0.3 is 5.97 Å². The van der Waals surface area contributed by atoms with E-state index in [-0.39, 0.29) is 24.5 Å². The molecular weight excluding hydrogens is 376 g/mol. The van der Waals surface area contributed by atoms with Crippen molar-refractivity contribution < 1.29 is 19.1 Å². The molecule has 1 fully saturated rings. The summed E-state index contributed by atoms with van der Waals surface area (Å²) in [4.78, 5) is 37.7. The van der Waals surface area contributed by atoms with Gasteiger partial charge in [0, 0.05) is 17.8 Å². The number of amides is 2. The Morgan fingerprint density at radius 1 is 1.11 bits per heavy atom. The first-order valence-corrected chi connectivity index (χ1v) is 11.1. The van der Waals surface area contributed by atoms with Crippen molar-refractivity contribution in [2.45, 2.75) is 71.8 Å². The molecule has 0 radical (unpaired) electrons. The zero-order valence-electron chi connectivity index (χ0n) is 16.9. The number of aryl methyl sites for hydroxylation is 1. The summed E-state index contributed by atoms with van der Waals surface area (Å²) in [6.07, 6.45) is 7.09. The van der Waals surface area contributed by atoms with E-state index >= 15 is 0 Å². The number of carbonyl (C=O) groups excluding carboxylic acids is 3. The van der Waals surface area contributed by atoms with Crippen LogP contribution in [0.4, 0.5) is 5.00 Å². The number of hydrogen-bond donors (Lipinski definition) is 2. The second-order valence-corrected chi connectivity index (χ2v) is 9.22. The summed E-state index contributed by atoms with van der Waals surface area (Å²) in [5, 5.41) is 6.32. The fourth-order valence-electron chi connectivity index (χ4n) is 4.27. The lowest BCUT2D eigenvalue weighted by Crippen LogP contribution is -2.45. The second kappa shape index (κ2) is 9.07. The van der Waals surface area contributed by atoms with E-state index in [0.717, 1.165) is 49.0 Å². The summed E-state index contributed by atoms with van der Waals surface area (Å²) < 4.78 is 5.34. The SMILES string of the molecule is CC(=O)Nc1sc2c(c1C(=O)OCC(=O)N[C@@H]1CCC[C@@H](C)[C@H]1C)CCCC2. The number of fused-ring (bicyclic) bond motifs is 1. The first kappa shape index (κ1) is 20.8. The molecule has 1 aromatic heterocycles. The van der Waals surface area contributed by atoms with Crippen LogP contribution in [0.25, 0.3) is 0 Å². The molecule has 0 aliphatic heterocycles. The number of rotatable bonds is 5. The Balaban J connectivity index is 1.63. The molecule has 0 unspecified atom stereocenters. The number of anilines is 1. The Morgan fingerprint density at radius 2 is 1.86 bits per heavy atom. The summed E-state index contributed by atoms with van der Waals surface area (Å²) in [5.41, 5.74) is 1.41. The van der Waals surface area contributed by atoms with Gasteiger partial charge in [-0.2, -0.15) is 0 Å². The predicted octanol–water partition coefficient (Wildman–Crippen LogP) is 3.68. The summed E-state index contributed by atoms with van der Waals surface area (Å²) in [7, 11) is 0. The van der Waals surface area contributed by atoms with Gasteiger partial charge in [0.25, 0.3) is 5.91 Å². The maximum Gasteiger partial charge on any atom is 0.341 e. The Bertz CT molecular complexity index is 758. The normalized spacial score (nSPS) is 24.2. The lowest BCUT2D eigenvalue weighted by molar-refractivity contribution is -0.125. The lowest BCUT2D eigenvalue weighted by Gasteiger charge is -2.34. The van der Waals surface area contributed by atoms with Crippen molar-refractivity contribution in [3.8, 4) is 0 Å². The quantitative estimate of drug-likeness (QED) is 0.731. The van der Waals surface area contributed by atoms with Crippen LogP contribution in [-0.2, 0) is 27.2 Å². The topological polar surface area (TPSA) is 84.5 Å². The monoisotopic (exact) mass is 406 g/mol. The van der Waals surface area contributed by atoms with Crippen LogP contribution in [0.2, 0.25) is 0 Å². The highest BCUT2D eigenvalue weighted by Crippen LogP contribution is 2.38. The van der Waals surface area contributed by atoms with Gasteiger partial charge in [-0.05, 0) is 49.5 Å². The van der Waals surface area contributed by atoms with Crippen LogP contribution < -0.4 is 10.6 Å². The summed E-state index contributed by atoms with van der Waals surface area (Å²) in [6, 6.07) is 0.138. The summed E-state index contributed by atoms with van der Waals surface area (Å²) in [6.45, 7) is 5.51. The second-order valence-electron chi connectivity index (χ2n) is 8.11. The number of thiophene rings is 1. The van der Waals surface area contributed by atoms with Gasteiger partial charge in [0.1, 0.15) is 5.00 Å². The van der Waals surface area contributed by atoms with Gasteiger partial charge < -0.3 is 15.4 Å². The number of nitrogens with one attached hydrogen (secondary N) is 2. The Labute approximate surface area is 170 Å². The molecule has 2 N–H and O–H groups in total. The van der Waals surface area contributed by atoms with Crippen molar-refractivity contribution in [2.75, 3.05) is 11.9 Å². The third kappa shape index (κ3) is 4.74. The minimum atomic E-state index is -0.525. The largest absolute Gasteiger partial charge is 0.452 e. The van der Waals surface area contributed by atoms with Gasteiger partial charge in [0.05, 0.1) is 5.56 Å². The molecular formula is C21H30N2O4S. The molecule has 1 heterocycles. The Morgan fingerprint density at radius 3 is 2.61 bits per heavy atom. The fourth-order valence-corrected chi connectivity index (χ4v) is 5.59. The minimum Gasteiger partial charge on any atom is -0.452 e. The molecule has 1 aromatic rings. The molecule has 2 amide bonds. The molecule has 28 heavy (non-hydrogen) atoms. The number of carbonyl (C=O) groups is 3. The van der Waals surface area contributed by atoms with Crippen molar-refractivity contribution in [3.05, 3.63) is 16.0 Å². The first-order valence-electron chi connectivity index (χ1n) is 10.3. The predicted molar refractivity (Wildman–Crippen MR) is 110 cm³/mol. The van der Waals surface area contributed by atoms with Crippen LogP contribution in [0.1, 0.15) is 73.7 Å². The standard InChI is InChI=1S/C21H30N2O4S/c1-12-7-6-9-16(13(12)2)23-18(25)11-27-21(26)19-15-8-4-5-10-17(15)28-20(19)22-14(3)24/h12-13,16H,4-11H2,1-3H3,(H,22,24)(H,23,25)/t12-,13-,16-/m1/s1. The maximum atomic E-state index is 12.7. The van der Waals surface area contributed by atoms with Gasteiger partial charge in [-0.3, -0.25) is 9.59 Å². The molecule has 0 aromatic carbocycles. The van der Waals surface area contributed by atoms with Gasteiger partial charge in [-0.15, -0.1) is 11.3 Å². The smallest absolute Gasteiger partial charge is 0.341 e. The van der Waals surface area contributed by atoms with Crippen LogP contribution in [0.15, 0.2) is 0 Å². The molecule has 0 saturated heterocycles. The van der Waals surface area contributed by atoms with E-state index in [1.54, 1.807) is 0 Å². The van der Waals surface area contributed by atoms with Gasteiger partial charge in [0.2, 0.25) is 5.91 Å². The fraction of sp³-hybridized carbons (Fsp3) is 0.667. The third-order valence-electron chi connectivity index (χ3n) is 6.05. The maximum absolute atomic E-state index is 12.7. The highest BCUT2D eigenvalue weighted by atomic mass is 32.1. The van der Waals surface area contributed by atoms with Crippen LogP contribution in [0.3, 0.4) is 0 Å². The van der Waals surface area contributed by atoms with Crippen molar-refractivity contribution >= 4 is 34.1 Å². The average molecular weight is 407 g/mol. The average Bonchev–Trinajstić information content (AvgIpc) is 3.00. The number of hydrogen-bond acceptors (Lipinski definition) is 5. The zero-order valence-corrected chi connectivity index (χ0v) is 17.7. The molecule has 0 spiro atoms. The van der Waals surface area contributed by atoms with E-state index in [1.165, 1.54) is 24.7 Å². The zero-order chi connectivity index (χ0) is 20.3. The van der Waals surface area contributed by atoms with E-state index in [2.05, 4.69) is 24.5 Å². The highest BCUT2D eigenvalue weighted by molar-refractivity contribution is 7.17. The molecule has 3 atom stereocenters. The van der Waals surface area contributed by atoms with Crippen LogP contribution in [-0.4, -0.2) is 30.4 Å². The molecule has 154 valence electrons. The summed E-state index contributed by atoms with van der Waals surface area (Å²) >= 11 is 1.45. The molecule has 6 nitrogen and oxygen atoms in total. The molecule has 3 rings (SSSR count). The van der Waals surface area contributed by atoms with E-state index in [0.29, 0.717) is 22.4 Å². The van der Waals surface area contributed by atoms with E-state index in [9.17, 15) is 14.4 Å². The van der Waals surface area contributed by atoms with E-state index < -0.39 is 5.97 Å². The van der Waals surface area contributed by atoms with Crippen LogP contribution >= 0.6 is 11.3 Å². The molecule has 0 bridgehead atoms. The van der Waals surface area contributed by atoms with E-state index in [1.807, 2.05) is 0 Å². The first-order chi connectivity index (χ1) is 13.4. The van der Waals surface area contributed by atoms with Crippen molar-refractivity contribution in [1.82, 2.24) is 5.32 Å². The third-order valence-corrected chi connectivity index (χ3v) is 7.26. The molecule has 1 saturated carbocycles. The van der Waals surface area contributed by atoms with Crippen molar-refractivity contribution in [3.63, 3.8) is 0 Å². The van der Waals surface area contributed by atoms with Crippen LogP contribution in [0, 0.1) is 11.8 Å². The molecule has 7 heteroatoms. The van der Waals surface area contributed by atoms with Gasteiger partial charge in [0.15, 0.2) is 6.61 Å². The van der Waals surface area contributed by atoms with Crippen molar-refractivity contribution in [1.29, 1.82) is 0 Å². The Kier molecular flexibility index (Phi) is 6.75.